The predicted molar refractivity (Wildman–Crippen MR) is 100.0 cm³/mol. The van der Waals surface area contributed by atoms with E-state index in [1.54, 1.807) is 12.1 Å². The molecule has 0 aliphatic carbocycles. The Morgan fingerprint density at radius 2 is 1.79 bits per heavy atom. The first-order valence-electron chi connectivity index (χ1n) is 7.29. The summed E-state index contributed by atoms with van der Waals surface area (Å²) in [5, 5.41) is 2.75. The molecule has 6 heteroatoms. The molecule has 0 saturated heterocycles. The van der Waals surface area contributed by atoms with Crippen molar-refractivity contribution in [2.24, 2.45) is 0 Å². The molecule has 126 valence electrons. The molecule has 0 unspecified atom stereocenters. The second-order valence-corrected chi connectivity index (χ2v) is 7.23. The van der Waals surface area contributed by atoms with Gasteiger partial charge in [-0.25, -0.2) is 4.79 Å². The summed E-state index contributed by atoms with van der Waals surface area (Å²) in [5.74, 6) is -0.807. The first-order chi connectivity index (χ1) is 11.4. The Morgan fingerprint density at radius 1 is 1.12 bits per heavy atom. The second-order valence-electron chi connectivity index (χ2n) is 5.40. The van der Waals surface area contributed by atoms with Crippen LogP contribution < -0.4 is 5.32 Å². The average molecular weight is 455 g/mol. The van der Waals surface area contributed by atoms with Gasteiger partial charge in [0.1, 0.15) is 6.04 Å². The van der Waals surface area contributed by atoms with E-state index in [1.807, 2.05) is 37.3 Å². The summed E-state index contributed by atoms with van der Waals surface area (Å²) in [7, 11) is 1.31. The van der Waals surface area contributed by atoms with Crippen molar-refractivity contribution in [3.8, 4) is 0 Å². The number of nitrogens with one attached hydrogen (secondary N) is 1. The third-order valence-corrected chi connectivity index (χ3v) is 4.35. The highest BCUT2D eigenvalue weighted by Crippen LogP contribution is 2.20. The number of rotatable bonds is 5. The highest BCUT2D eigenvalue weighted by Gasteiger charge is 2.23. The monoisotopic (exact) mass is 453 g/mol. The van der Waals surface area contributed by atoms with E-state index < -0.39 is 12.0 Å². The lowest BCUT2D eigenvalue weighted by molar-refractivity contribution is -0.142. The molecule has 0 spiro atoms. The van der Waals surface area contributed by atoms with Crippen molar-refractivity contribution in [3.05, 3.63) is 68.1 Å². The van der Waals surface area contributed by atoms with Gasteiger partial charge < -0.3 is 10.1 Å². The van der Waals surface area contributed by atoms with Gasteiger partial charge in [0.2, 0.25) is 0 Å². The van der Waals surface area contributed by atoms with Crippen LogP contribution in [0, 0.1) is 6.92 Å². The number of ether oxygens (including phenoxy) is 1. The number of hydrogen-bond donors (Lipinski definition) is 1. The van der Waals surface area contributed by atoms with E-state index in [2.05, 4.69) is 37.2 Å². The van der Waals surface area contributed by atoms with Gasteiger partial charge in [0.25, 0.3) is 5.91 Å². The topological polar surface area (TPSA) is 55.4 Å². The van der Waals surface area contributed by atoms with Crippen LogP contribution in [-0.2, 0) is 16.0 Å². The van der Waals surface area contributed by atoms with Crippen molar-refractivity contribution in [2.45, 2.75) is 19.4 Å². The highest BCUT2D eigenvalue weighted by molar-refractivity contribution is 9.11. The molecule has 4 nitrogen and oxygen atoms in total. The fraction of sp³-hybridized carbons (Fsp3) is 0.222. The maximum atomic E-state index is 12.5. The number of hydrogen-bond acceptors (Lipinski definition) is 3. The lowest BCUT2D eigenvalue weighted by atomic mass is 10.0. The fourth-order valence-corrected chi connectivity index (χ4v) is 3.63. The molecule has 0 bridgehead atoms. The molecular formula is C18H17Br2NO3. The first-order valence-corrected chi connectivity index (χ1v) is 8.88. The zero-order valence-corrected chi connectivity index (χ0v) is 16.5. The molecular weight excluding hydrogens is 438 g/mol. The van der Waals surface area contributed by atoms with Gasteiger partial charge in [-0.05, 0) is 30.7 Å². The minimum atomic E-state index is -0.748. The number of halogens is 2. The van der Waals surface area contributed by atoms with Crippen LogP contribution in [0.5, 0.6) is 0 Å². The minimum Gasteiger partial charge on any atom is -0.467 e. The number of aryl methyl sites for hydroxylation is 1. The normalized spacial score (nSPS) is 11.7. The summed E-state index contributed by atoms with van der Waals surface area (Å²) in [6.07, 6.45) is 0.370. The van der Waals surface area contributed by atoms with E-state index >= 15 is 0 Å². The average Bonchev–Trinajstić information content (AvgIpc) is 2.52. The standard InChI is InChI=1S/C18H17Br2NO3/c1-11-4-3-5-12(6-11)7-16(18(23)24-2)21-17(22)13-8-14(19)10-15(20)9-13/h3-6,8-10,16H,7H2,1-2H3,(H,21,22)/t16-/m0/s1. The lowest BCUT2D eigenvalue weighted by Crippen LogP contribution is -2.43. The second kappa shape index (κ2) is 8.44. The number of carbonyl (C=O) groups is 2. The molecule has 24 heavy (non-hydrogen) atoms. The maximum Gasteiger partial charge on any atom is 0.328 e. The molecule has 0 aromatic heterocycles. The summed E-state index contributed by atoms with van der Waals surface area (Å²) in [5.41, 5.74) is 2.51. The molecule has 0 fully saturated rings. The van der Waals surface area contributed by atoms with Crippen molar-refractivity contribution >= 4 is 43.7 Å². The van der Waals surface area contributed by atoms with Crippen LogP contribution >= 0.6 is 31.9 Å². The van der Waals surface area contributed by atoms with E-state index in [9.17, 15) is 9.59 Å². The van der Waals surface area contributed by atoms with Crippen molar-refractivity contribution in [1.29, 1.82) is 0 Å². The van der Waals surface area contributed by atoms with E-state index in [4.69, 9.17) is 4.74 Å². The van der Waals surface area contributed by atoms with E-state index in [-0.39, 0.29) is 5.91 Å². The Morgan fingerprint density at radius 3 is 2.38 bits per heavy atom. The highest BCUT2D eigenvalue weighted by atomic mass is 79.9. The Kier molecular flexibility index (Phi) is 6.57. The van der Waals surface area contributed by atoms with Crippen LogP contribution in [0.4, 0.5) is 0 Å². The summed E-state index contributed by atoms with van der Waals surface area (Å²) >= 11 is 6.70. The quantitative estimate of drug-likeness (QED) is 0.693. The SMILES string of the molecule is COC(=O)[C@H](Cc1cccc(C)c1)NC(=O)c1cc(Br)cc(Br)c1. The van der Waals surface area contributed by atoms with Crippen molar-refractivity contribution < 1.29 is 14.3 Å². The third kappa shape index (κ3) is 5.18. The maximum absolute atomic E-state index is 12.5. The number of carbonyl (C=O) groups excluding carboxylic acids is 2. The van der Waals surface area contributed by atoms with Gasteiger partial charge in [-0.3, -0.25) is 4.79 Å². The summed E-state index contributed by atoms with van der Waals surface area (Å²) in [6, 6.07) is 12.3. The van der Waals surface area contributed by atoms with Gasteiger partial charge in [-0.15, -0.1) is 0 Å². The predicted octanol–water partition coefficient (Wildman–Crippen LogP) is 4.03. The van der Waals surface area contributed by atoms with E-state index in [0.717, 1.165) is 20.1 Å². The molecule has 0 radical (unpaired) electrons. The van der Waals surface area contributed by atoms with Crippen LogP contribution in [0.1, 0.15) is 21.5 Å². The van der Waals surface area contributed by atoms with Crippen molar-refractivity contribution in [2.75, 3.05) is 7.11 Å². The van der Waals surface area contributed by atoms with Gasteiger partial charge in [-0.2, -0.15) is 0 Å². The van der Waals surface area contributed by atoms with E-state index in [0.29, 0.717) is 12.0 Å². The molecule has 1 N–H and O–H groups in total. The Bertz CT molecular complexity index is 741. The van der Waals surface area contributed by atoms with Gasteiger partial charge in [-0.1, -0.05) is 61.7 Å². The molecule has 1 amide bonds. The van der Waals surface area contributed by atoms with Crippen LogP contribution in [0.15, 0.2) is 51.4 Å². The van der Waals surface area contributed by atoms with Gasteiger partial charge in [0, 0.05) is 20.9 Å². The van der Waals surface area contributed by atoms with Gasteiger partial charge in [0.05, 0.1) is 7.11 Å². The fourth-order valence-electron chi connectivity index (χ4n) is 2.34. The molecule has 0 aliphatic heterocycles. The van der Waals surface area contributed by atoms with Crippen LogP contribution in [-0.4, -0.2) is 25.0 Å². The number of benzene rings is 2. The number of esters is 1. The molecule has 2 rings (SSSR count). The summed E-state index contributed by atoms with van der Waals surface area (Å²) < 4.78 is 6.37. The van der Waals surface area contributed by atoms with Gasteiger partial charge >= 0.3 is 5.97 Å². The third-order valence-electron chi connectivity index (χ3n) is 3.44. The summed E-state index contributed by atoms with van der Waals surface area (Å²) in [4.78, 5) is 24.5. The minimum absolute atomic E-state index is 0.333. The Labute approximate surface area is 157 Å². The first kappa shape index (κ1) is 18.7. The zero-order chi connectivity index (χ0) is 17.7. The molecule has 2 aromatic carbocycles. The van der Waals surface area contributed by atoms with Crippen molar-refractivity contribution in [3.63, 3.8) is 0 Å². The summed E-state index contributed by atoms with van der Waals surface area (Å²) in [6.45, 7) is 1.98. The smallest absolute Gasteiger partial charge is 0.328 e. The van der Waals surface area contributed by atoms with Crippen molar-refractivity contribution in [1.82, 2.24) is 5.32 Å². The molecule has 0 aliphatic rings. The van der Waals surface area contributed by atoms with E-state index in [1.165, 1.54) is 7.11 Å². The molecule has 1 atom stereocenters. The zero-order valence-electron chi connectivity index (χ0n) is 13.3. The number of amides is 1. The molecule has 0 heterocycles. The van der Waals surface area contributed by atoms with Crippen LogP contribution in [0.2, 0.25) is 0 Å². The Hall–Kier alpha value is -1.66. The number of methoxy groups -OCH3 is 1. The largest absolute Gasteiger partial charge is 0.467 e. The Balaban J connectivity index is 2.19. The van der Waals surface area contributed by atoms with Crippen LogP contribution in [0.3, 0.4) is 0 Å². The van der Waals surface area contributed by atoms with Gasteiger partial charge in [0.15, 0.2) is 0 Å². The molecule has 2 aromatic rings. The lowest BCUT2D eigenvalue weighted by Gasteiger charge is -2.17. The molecule has 0 saturated carbocycles. The van der Waals surface area contributed by atoms with Crippen LogP contribution in [0.25, 0.3) is 0 Å².